The number of aryl methyl sites for hydroxylation is 1. The number of hydrogen-bond donors (Lipinski definition) is 2. The highest BCUT2D eigenvalue weighted by Gasteiger charge is 2.10. The Labute approximate surface area is 148 Å². The zero-order chi connectivity index (χ0) is 18.2. The molecule has 0 bridgehead atoms. The van der Waals surface area contributed by atoms with E-state index < -0.39 is 5.91 Å². The number of pyridine rings is 1. The quantitative estimate of drug-likeness (QED) is 0.793. The van der Waals surface area contributed by atoms with E-state index in [0.29, 0.717) is 11.1 Å². The number of hydrazine groups is 1. The number of hydrogen-bond acceptors (Lipinski definition) is 4. The van der Waals surface area contributed by atoms with Gasteiger partial charge in [-0.1, -0.05) is 19.1 Å². The second-order valence-corrected chi connectivity index (χ2v) is 5.54. The van der Waals surface area contributed by atoms with Crippen LogP contribution in [0, 0.1) is 0 Å². The highest BCUT2D eigenvalue weighted by molar-refractivity contribution is 5.99. The summed E-state index contributed by atoms with van der Waals surface area (Å²) in [6.07, 6.45) is 2.42. The van der Waals surface area contributed by atoms with Crippen LogP contribution in [-0.4, -0.2) is 29.9 Å². The minimum Gasteiger partial charge on any atom is -0.357 e. The third kappa shape index (κ3) is 4.79. The van der Waals surface area contributed by atoms with Gasteiger partial charge in [0, 0.05) is 24.8 Å². The summed E-state index contributed by atoms with van der Waals surface area (Å²) in [5.74, 6) is 0.0578. The Morgan fingerprint density at radius 3 is 1.92 bits per heavy atom. The maximum absolute atomic E-state index is 12.1. The molecule has 6 nitrogen and oxygen atoms in total. The number of nitrogens with zero attached hydrogens (tertiary/aromatic N) is 2. The van der Waals surface area contributed by atoms with Crippen LogP contribution in [0.3, 0.4) is 0 Å². The number of carbonyl (C=O) groups is 2. The van der Waals surface area contributed by atoms with Crippen molar-refractivity contribution in [3.05, 3.63) is 59.3 Å². The SMILES string of the molecule is CCc1ccc(C(=O)NNC(=O)c2ccc(N(CC)CC)nc2)cc1. The fourth-order valence-corrected chi connectivity index (χ4v) is 2.40. The van der Waals surface area contributed by atoms with E-state index in [2.05, 4.69) is 27.7 Å². The van der Waals surface area contributed by atoms with Gasteiger partial charge in [0.15, 0.2) is 0 Å². The zero-order valence-corrected chi connectivity index (χ0v) is 14.9. The molecule has 1 aromatic carbocycles. The summed E-state index contributed by atoms with van der Waals surface area (Å²) in [7, 11) is 0. The molecule has 0 saturated heterocycles. The molecular weight excluding hydrogens is 316 g/mol. The molecule has 6 heteroatoms. The first-order valence-corrected chi connectivity index (χ1v) is 8.49. The molecule has 0 aliphatic rings. The third-order valence-corrected chi connectivity index (χ3v) is 4.01. The summed E-state index contributed by atoms with van der Waals surface area (Å²) < 4.78 is 0. The van der Waals surface area contributed by atoms with Crippen molar-refractivity contribution in [3.8, 4) is 0 Å². The van der Waals surface area contributed by atoms with Crippen molar-refractivity contribution in [2.45, 2.75) is 27.2 Å². The molecule has 25 heavy (non-hydrogen) atoms. The van der Waals surface area contributed by atoms with E-state index in [1.807, 2.05) is 26.0 Å². The molecule has 2 N–H and O–H groups in total. The molecule has 132 valence electrons. The van der Waals surface area contributed by atoms with Crippen LogP contribution in [0.25, 0.3) is 0 Å². The van der Waals surface area contributed by atoms with Crippen LogP contribution in [0.5, 0.6) is 0 Å². The predicted octanol–water partition coefficient (Wildman–Crippen LogP) is 2.57. The van der Waals surface area contributed by atoms with E-state index in [-0.39, 0.29) is 5.91 Å². The summed E-state index contributed by atoms with van der Waals surface area (Å²) in [6, 6.07) is 10.8. The molecule has 2 rings (SSSR count). The highest BCUT2D eigenvalue weighted by atomic mass is 16.2. The summed E-state index contributed by atoms with van der Waals surface area (Å²) in [4.78, 5) is 30.6. The molecule has 0 fully saturated rings. The van der Waals surface area contributed by atoms with Crippen molar-refractivity contribution >= 4 is 17.6 Å². The van der Waals surface area contributed by atoms with Crippen molar-refractivity contribution in [1.29, 1.82) is 0 Å². The zero-order valence-electron chi connectivity index (χ0n) is 14.9. The van der Waals surface area contributed by atoms with Crippen LogP contribution in [0.2, 0.25) is 0 Å². The molecular formula is C19H24N4O2. The van der Waals surface area contributed by atoms with Crippen molar-refractivity contribution < 1.29 is 9.59 Å². The smallest absolute Gasteiger partial charge is 0.271 e. The molecule has 0 atom stereocenters. The molecule has 0 aliphatic carbocycles. The molecule has 0 radical (unpaired) electrons. The third-order valence-electron chi connectivity index (χ3n) is 4.01. The van der Waals surface area contributed by atoms with Gasteiger partial charge in [-0.25, -0.2) is 4.98 Å². The molecule has 0 aliphatic heterocycles. The van der Waals surface area contributed by atoms with Crippen LogP contribution in [0.15, 0.2) is 42.6 Å². The van der Waals surface area contributed by atoms with Crippen LogP contribution in [0.1, 0.15) is 47.1 Å². The van der Waals surface area contributed by atoms with Crippen LogP contribution < -0.4 is 15.8 Å². The number of nitrogens with one attached hydrogen (secondary N) is 2. The molecule has 0 unspecified atom stereocenters. The Morgan fingerprint density at radius 2 is 1.44 bits per heavy atom. The van der Waals surface area contributed by atoms with E-state index >= 15 is 0 Å². The van der Waals surface area contributed by atoms with Crippen LogP contribution in [-0.2, 0) is 6.42 Å². The van der Waals surface area contributed by atoms with Gasteiger partial charge in [0.1, 0.15) is 5.82 Å². The van der Waals surface area contributed by atoms with Gasteiger partial charge in [0.2, 0.25) is 0 Å². The molecule has 2 aromatic rings. The fraction of sp³-hybridized carbons (Fsp3) is 0.316. The molecule has 0 saturated carbocycles. The lowest BCUT2D eigenvalue weighted by atomic mass is 10.1. The second-order valence-electron chi connectivity index (χ2n) is 5.54. The molecule has 2 amide bonds. The van der Waals surface area contributed by atoms with Gasteiger partial charge < -0.3 is 4.90 Å². The minimum atomic E-state index is -0.405. The summed E-state index contributed by atoms with van der Waals surface area (Å²) in [5.41, 5.74) is 6.86. The summed E-state index contributed by atoms with van der Waals surface area (Å²) >= 11 is 0. The second kappa shape index (κ2) is 8.82. The van der Waals surface area contributed by atoms with Gasteiger partial charge in [0.05, 0.1) is 5.56 Å². The predicted molar refractivity (Wildman–Crippen MR) is 98.6 cm³/mol. The highest BCUT2D eigenvalue weighted by Crippen LogP contribution is 2.10. The maximum atomic E-state index is 12.1. The summed E-state index contributed by atoms with van der Waals surface area (Å²) in [6.45, 7) is 7.85. The Hall–Kier alpha value is -2.89. The van der Waals surface area contributed by atoms with Gasteiger partial charge in [-0.3, -0.25) is 20.4 Å². The van der Waals surface area contributed by atoms with E-state index in [0.717, 1.165) is 30.9 Å². The number of benzene rings is 1. The number of amides is 2. The number of rotatable bonds is 6. The average molecular weight is 340 g/mol. The number of carbonyl (C=O) groups excluding carboxylic acids is 2. The number of aromatic nitrogens is 1. The van der Waals surface area contributed by atoms with Crippen molar-refractivity contribution in [1.82, 2.24) is 15.8 Å². The lowest BCUT2D eigenvalue weighted by Crippen LogP contribution is -2.41. The van der Waals surface area contributed by atoms with E-state index in [4.69, 9.17) is 0 Å². The summed E-state index contributed by atoms with van der Waals surface area (Å²) in [5, 5.41) is 0. The Kier molecular flexibility index (Phi) is 6.51. The lowest BCUT2D eigenvalue weighted by Gasteiger charge is -2.19. The van der Waals surface area contributed by atoms with Gasteiger partial charge >= 0.3 is 0 Å². The average Bonchev–Trinajstić information content (AvgIpc) is 2.67. The van der Waals surface area contributed by atoms with Crippen LogP contribution >= 0.6 is 0 Å². The standard InChI is InChI=1S/C19H24N4O2/c1-4-14-7-9-15(10-8-14)18(24)21-22-19(25)16-11-12-17(20-13-16)23(5-2)6-3/h7-13H,4-6H2,1-3H3,(H,21,24)(H,22,25). The fourth-order valence-electron chi connectivity index (χ4n) is 2.40. The molecule has 1 heterocycles. The van der Waals surface area contributed by atoms with Gasteiger partial charge in [-0.15, -0.1) is 0 Å². The number of anilines is 1. The maximum Gasteiger partial charge on any atom is 0.271 e. The van der Waals surface area contributed by atoms with Crippen molar-refractivity contribution in [2.75, 3.05) is 18.0 Å². The van der Waals surface area contributed by atoms with Crippen molar-refractivity contribution in [2.24, 2.45) is 0 Å². The van der Waals surface area contributed by atoms with Gasteiger partial charge in [0.25, 0.3) is 11.8 Å². The van der Waals surface area contributed by atoms with Gasteiger partial charge in [-0.2, -0.15) is 0 Å². The van der Waals surface area contributed by atoms with Gasteiger partial charge in [-0.05, 0) is 50.1 Å². The largest absolute Gasteiger partial charge is 0.357 e. The molecule has 1 aromatic heterocycles. The first kappa shape index (κ1) is 18.4. The minimum absolute atomic E-state index is 0.358. The first-order valence-electron chi connectivity index (χ1n) is 8.49. The van der Waals surface area contributed by atoms with E-state index in [1.165, 1.54) is 6.20 Å². The van der Waals surface area contributed by atoms with E-state index in [9.17, 15) is 9.59 Å². The monoisotopic (exact) mass is 340 g/mol. The Balaban J connectivity index is 1.93. The lowest BCUT2D eigenvalue weighted by molar-refractivity contribution is 0.0846. The van der Waals surface area contributed by atoms with Crippen LogP contribution in [0.4, 0.5) is 5.82 Å². The topological polar surface area (TPSA) is 74.3 Å². The normalized spacial score (nSPS) is 10.2. The first-order chi connectivity index (χ1) is 12.1. The molecule has 0 spiro atoms. The van der Waals surface area contributed by atoms with Crippen molar-refractivity contribution in [3.63, 3.8) is 0 Å². The van der Waals surface area contributed by atoms with E-state index in [1.54, 1.807) is 24.3 Å². The Morgan fingerprint density at radius 1 is 0.880 bits per heavy atom. The Bertz CT molecular complexity index is 707.